The second-order valence-electron chi connectivity index (χ2n) is 6.30. The first-order chi connectivity index (χ1) is 10.0. The van der Waals surface area contributed by atoms with Crippen LogP contribution in [-0.4, -0.2) is 14.5 Å². The second-order valence-corrected chi connectivity index (χ2v) is 7.88. The lowest BCUT2D eigenvalue weighted by atomic mass is 9.90. The summed E-state index contributed by atoms with van der Waals surface area (Å²) in [6, 6.07) is 6.84. The van der Waals surface area contributed by atoms with Crippen LogP contribution in [0.5, 0.6) is 0 Å². The predicted octanol–water partition coefficient (Wildman–Crippen LogP) is 3.08. The molecule has 4 heteroatoms. The molecule has 1 aromatic carbocycles. The number of benzene rings is 1. The van der Waals surface area contributed by atoms with Crippen LogP contribution in [-0.2, 0) is 14.3 Å². The molecule has 21 heavy (non-hydrogen) atoms. The topological polar surface area (TPSA) is 43.4 Å². The number of hydrogen-bond donors (Lipinski definition) is 0. The maximum absolute atomic E-state index is 12.4. The minimum absolute atomic E-state index is 0.225. The molecular formula is C17H18O3S. The Kier molecular flexibility index (Phi) is 2.88. The zero-order valence-corrected chi connectivity index (χ0v) is 12.7. The molecule has 1 saturated carbocycles. The molecule has 0 radical (unpaired) electrons. The fourth-order valence-corrected chi connectivity index (χ4v) is 5.10. The van der Waals surface area contributed by atoms with E-state index < -0.39 is 10.1 Å². The first kappa shape index (κ1) is 13.3. The van der Waals surface area contributed by atoms with E-state index in [9.17, 15) is 8.42 Å². The van der Waals surface area contributed by atoms with Gasteiger partial charge in [0.25, 0.3) is 10.1 Å². The first-order valence-electron chi connectivity index (χ1n) is 7.41. The molecule has 1 fully saturated rings. The van der Waals surface area contributed by atoms with Crippen LogP contribution >= 0.6 is 0 Å². The van der Waals surface area contributed by atoms with Crippen molar-refractivity contribution < 1.29 is 12.6 Å². The van der Waals surface area contributed by atoms with Gasteiger partial charge < -0.3 is 0 Å². The Hall–Kier alpha value is -1.39. The van der Waals surface area contributed by atoms with E-state index in [0.717, 1.165) is 12.0 Å². The normalized spacial score (nSPS) is 36.3. The van der Waals surface area contributed by atoms with Gasteiger partial charge in [-0.1, -0.05) is 42.0 Å². The molecule has 0 amide bonds. The van der Waals surface area contributed by atoms with Gasteiger partial charge >= 0.3 is 0 Å². The summed E-state index contributed by atoms with van der Waals surface area (Å²) in [5.74, 6) is 1.70. The average Bonchev–Trinajstić information content (AvgIpc) is 3.08. The third-order valence-electron chi connectivity index (χ3n) is 5.01. The SMILES string of the molecule is Cc1ccc(S(=O)(=O)O[C@H]2C[C@@H]3C=C[C@@H]4C=C[C@@H]2[C@H]43)cc1. The van der Waals surface area contributed by atoms with Crippen molar-refractivity contribution in [3.8, 4) is 0 Å². The van der Waals surface area contributed by atoms with E-state index in [1.807, 2.05) is 6.92 Å². The summed E-state index contributed by atoms with van der Waals surface area (Å²) in [5.41, 5.74) is 1.04. The van der Waals surface area contributed by atoms with E-state index in [-0.39, 0.29) is 16.9 Å². The standard InChI is InChI=1S/C17H18O3S/c1-11-2-7-14(8-3-11)21(18,19)20-16-10-13-5-4-12-6-9-15(16)17(12)13/h2-9,12-13,15-17H,10H2,1H3/t12-,13+,15+,16+,17-/m1/s1. The number of rotatable bonds is 3. The van der Waals surface area contributed by atoms with Gasteiger partial charge in [0, 0.05) is 5.92 Å². The van der Waals surface area contributed by atoms with Gasteiger partial charge in [0.05, 0.1) is 11.0 Å². The molecule has 5 atom stereocenters. The quantitative estimate of drug-likeness (QED) is 0.636. The van der Waals surface area contributed by atoms with Gasteiger partial charge in [-0.15, -0.1) is 0 Å². The van der Waals surface area contributed by atoms with Crippen LogP contribution in [0.2, 0.25) is 0 Å². The van der Waals surface area contributed by atoms with E-state index in [1.54, 1.807) is 24.3 Å². The molecule has 0 aliphatic heterocycles. The zero-order valence-electron chi connectivity index (χ0n) is 11.8. The predicted molar refractivity (Wildman–Crippen MR) is 80.1 cm³/mol. The van der Waals surface area contributed by atoms with E-state index in [0.29, 0.717) is 17.8 Å². The first-order valence-corrected chi connectivity index (χ1v) is 8.82. The molecule has 4 rings (SSSR count). The zero-order chi connectivity index (χ0) is 14.6. The minimum atomic E-state index is -3.67. The third kappa shape index (κ3) is 2.09. The average molecular weight is 302 g/mol. The van der Waals surface area contributed by atoms with E-state index in [4.69, 9.17) is 4.18 Å². The second kappa shape index (κ2) is 4.55. The van der Waals surface area contributed by atoms with Crippen LogP contribution in [0.15, 0.2) is 53.5 Å². The highest BCUT2D eigenvalue weighted by atomic mass is 32.2. The van der Waals surface area contributed by atoms with Gasteiger partial charge in [-0.2, -0.15) is 8.42 Å². The van der Waals surface area contributed by atoms with Crippen LogP contribution in [0.25, 0.3) is 0 Å². The molecule has 1 aromatic rings. The minimum Gasteiger partial charge on any atom is -0.262 e. The lowest BCUT2D eigenvalue weighted by molar-refractivity contribution is 0.176. The molecule has 0 bridgehead atoms. The summed E-state index contributed by atoms with van der Waals surface area (Å²) in [4.78, 5) is 0.249. The van der Waals surface area contributed by atoms with Crippen molar-refractivity contribution in [1.29, 1.82) is 0 Å². The summed E-state index contributed by atoms with van der Waals surface area (Å²) in [6.07, 6.45) is 9.40. The van der Waals surface area contributed by atoms with Gasteiger partial charge in [-0.05, 0) is 43.2 Å². The van der Waals surface area contributed by atoms with Crippen molar-refractivity contribution in [3.05, 3.63) is 54.1 Å². The van der Waals surface area contributed by atoms with Crippen molar-refractivity contribution >= 4 is 10.1 Å². The maximum atomic E-state index is 12.4. The molecule has 3 aliphatic carbocycles. The molecule has 0 N–H and O–H groups in total. The van der Waals surface area contributed by atoms with Crippen LogP contribution in [0.4, 0.5) is 0 Å². The van der Waals surface area contributed by atoms with Crippen molar-refractivity contribution in [2.45, 2.75) is 24.3 Å². The fraction of sp³-hybridized carbons (Fsp3) is 0.412. The summed E-state index contributed by atoms with van der Waals surface area (Å²) >= 11 is 0. The largest absolute Gasteiger partial charge is 0.297 e. The maximum Gasteiger partial charge on any atom is 0.297 e. The van der Waals surface area contributed by atoms with Crippen LogP contribution in [0, 0.1) is 30.6 Å². The smallest absolute Gasteiger partial charge is 0.262 e. The highest BCUT2D eigenvalue weighted by Crippen LogP contribution is 2.53. The Balaban J connectivity index is 1.58. The lowest BCUT2D eigenvalue weighted by Crippen LogP contribution is -2.23. The molecule has 0 heterocycles. The Bertz CT molecular complexity index is 715. The Morgan fingerprint density at radius 3 is 2.52 bits per heavy atom. The number of aryl methyl sites for hydroxylation is 1. The van der Waals surface area contributed by atoms with Gasteiger partial charge in [-0.25, -0.2) is 0 Å². The van der Waals surface area contributed by atoms with E-state index in [2.05, 4.69) is 24.3 Å². The molecule has 0 saturated heterocycles. The van der Waals surface area contributed by atoms with Crippen LogP contribution in [0.1, 0.15) is 12.0 Å². The summed E-state index contributed by atoms with van der Waals surface area (Å²) in [6.45, 7) is 1.94. The molecule has 3 aliphatic rings. The lowest BCUT2D eigenvalue weighted by Gasteiger charge is -2.19. The van der Waals surface area contributed by atoms with E-state index in [1.165, 1.54) is 0 Å². The monoisotopic (exact) mass is 302 g/mol. The van der Waals surface area contributed by atoms with Crippen molar-refractivity contribution in [1.82, 2.24) is 0 Å². The highest BCUT2D eigenvalue weighted by molar-refractivity contribution is 7.86. The summed E-state index contributed by atoms with van der Waals surface area (Å²) < 4.78 is 30.4. The number of allylic oxidation sites excluding steroid dienone is 3. The van der Waals surface area contributed by atoms with Gasteiger partial charge in [0.2, 0.25) is 0 Å². The van der Waals surface area contributed by atoms with Crippen molar-refractivity contribution in [2.75, 3.05) is 0 Å². The number of hydrogen-bond acceptors (Lipinski definition) is 3. The molecule has 0 unspecified atom stereocenters. The van der Waals surface area contributed by atoms with E-state index >= 15 is 0 Å². The Morgan fingerprint density at radius 2 is 1.76 bits per heavy atom. The third-order valence-corrected chi connectivity index (χ3v) is 6.36. The molecule has 3 nitrogen and oxygen atoms in total. The Morgan fingerprint density at radius 1 is 1.05 bits per heavy atom. The molecule has 0 aromatic heterocycles. The summed E-state index contributed by atoms with van der Waals surface area (Å²) in [5, 5.41) is 0. The fourth-order valence-electron chi connectivity index (χ4n) is 3.99. The van der Waals surface area contributed by atoms with Gasteiger partial charge in [0.1, 0.15) is 0 Å². The highest BCUT2D eigenvalue weighted by Gasteiger charge is 2.50. The van der Waals surface area contributed by atoms with Crippen LogP contribution < -0.4 is 0 Å². The van der Waals surface area contributed by atoms with Crippen molar-refractivity contribution in [2.24, 2.45) is 23.7 Å². The molecule has 0 spiro atoms. The summed E-state index contributed by atoms with van der Waals surface area (Å²) in [7, 11) is -3.67. The Labute approximate surface area is 125 Å². The molecular weight excluding hydrogens is 284 g/mol. The van der Waals surface area contributed by atoms with Gasteiger partial charge in [-0.3, -0.25) is 4.18 Å². The molecule has 110 valence electrons. The van der Waals surface area contributed by atoms with Crippen LogP contribution in [0.3, 0.4) is 0 Å². The van der Waals surface area contributed by atoms with Crippen molar-refractivity contribution in [3.63, 3.8) is 0 Å². The van der Waals surface area contributed by atoms with Gasteiger partial charge in [0.15, 0.2) is 0 Å².